The molecule has 2 N–H and O–H groups in total. The number of para-hydroxylation sites is 1. The Kier molecular flexibility index (Phi) is 4.34. The number of nitrogens with zero attached hydrogens (tertiary/aromatic N) is 1. The smallest absolute Gasteiger partial charge is 0.336 e. The van der Waals surface area contributed by atoms with Crippen molar-refractivity contribution in [1.82, 2.24) is 0 Å². The molecule has 0 spiro atoms. The van der Waals surface area contributed by atoms with E-state index >= 15 is 0 Å². The Labute approximate surface area is 116 Å². The zero-order valence-electron chi connectivity index (χ0n) is 10.9. The molecule has 0 aliphatic carbocycles. The third kappa shape index (κ3) is 3.35. The molecule has 0 heterocycles. The molecule has 0 unspecified atom stereocenters. The van der Waals surface area contributed by atoms with Crippen LogP contribution < -0.4 is 10.2 Å². The zero-order chi connectivity index (χ0) is 14.4. The molecule has 0 atom stereocenters. The van der Waals surface area contributed by atoms with E-state index in [1.807, 2.05) is 30.3 Å². The lowest BCUT2D eigenvalue weighted by molar-refractivity contribution is 0.0696. The van der Waals surface area contributed by atoms with Gasteiger partial charge in [0.25, 0.3) is 0 Å². The topological polar surface area (TPSA) is 70.9 Å². The summed E-state index contributed by atoms with van der Waals surface area (Å²) in [4.78, 5) is 11.2. The molecule has 2 rings (SSSR count). The number of carboxylic acids is 1. The van der Waals surface area contributed by atoms with Crippen molar-refractivity contribution in [1.29, 1.82) is 0 Å². The highest BCUT2D eigenvalue weighted by Gasteiger charge is 2.09. The minimum atomic E-state index is -1.02. The van der Waals surface area contributed by atoms with Crippen LogP contribution in [0, 0.1) is 0 Å². The Balaban J connectivity index is 2.18. The number of methoxy groups -OCH3 is 1. The van der Waals surface area contributed by atoms with Crippen LogP contribution in [-0.2, 0) is 0 Å². The summed E-state index contributed by atoms with van der Waals surface area (Å²) in [6, 6.07) is 14.2. The summed E-state index contributed by atoms with van der Waals surface area (Å²) in [6.07, 6.45) is 1.47. The van der Waals surface area contributed by atoms with Crippen LogP contribution in [0.1, 0.15) is 15.9 Å². The fraction of sp³-hybridized carbons (Fsp3) is 0.0667. The van der Waals surface area contributed by atoms with E-state index in [4.69, 9.17) is 9.84 Å². The molecule has 0 saturated heterocycles. The molecule has 0 fully saturated rings. The predicted octanol–water partition coefficient (Wildman–Crippen LogP) is 2.84. The Bertz CT molecular complexity index is 624. The monoisotopic (exact) mass is 270 g/mol. The van der Waals surface area contributed by atoms with Gasteiger partial charge in [0.05, 0.1) is 24.6 Å². The predicted molar refractivity (Wildman–Crippen MR) is 77.6 cm³/mol. The Morgan fingerprint density at radius 3 is 2.65 bits per heavy atom. The third-order valence-electron chi connectivity index (χ3n) is 2.66. The van der Waals surface area contributed by atoms with E-state index < -0.39 is 5.97 Å². The van der Waals surface area contributed by atoms with E-state index in [1.165, 1.54) is 19.4 Å². The van der Waals surface area contributed by atoms with E-state index in [9.17, 15) is 4.79 Å². The van der Waals surface area contributed by atoms with Crippen molar-refractivity contribution in [3.05, 3.63) is 59.7 Å². The second-order valence-corrected chi connectivity index (χ2v) is 3.99. The van der Waals surface area contributed by atoms with Gasteiger partial charge in [-0.2, -0.15) is 5.10 Å². The molecule has 102 valence electrons. The van der Waals surface area contributed by atoms with E-state index in [-0.39, 0.29) is 5.56 Å². The number of hydrogen-bond acceptors (Lipinski definition) is 4. The van der Waals surface area contributed by atoms with Crippen LogP contribution in [0.2, 0.25) is 0 Å². The van der Waals surface area contributed by atoms with E-state index in [1.54, 1.807) is 12.1 Å². The number of aromatic carboxylic acids is 1. The number of nitrogens with one attached hydrogen (secondary N) is 1. The van der Waals surface area contributed by atoms with Gasteiger partial charge in [0, 0.05) is 5.56 Å². The molecule has 0 amide bonds. The molecule has 0 aliphatic rings. The molecule has 0 saturated carbocycles. The number of ether oxygens (including phenoxy) is 1. The van der Waals surface area contributed by atoms with Crippen LogP contribution >= 0.6 is 0 Å². The standard InChI is InChI=1S/C15H14N2O3/c1-20-13-8-7-11(14(9-13)15(18)19)10-16-17-12-5-3-2-4-6-12/h2-10,17H,1H3,(H,18,19). The summed E-state index contributed by atoms with van der Waals surface area (Å²) in [5.41, 5.74) is 4.30. The summed E-state index contributed by atoms with van der Waals surface area (Å²) < 4.78 is 5.01. The number of hydrogen-bond donors (Lipinski definition) is 2. The number of anilines is 1. The fourth-order valence-electron chi connectivity index (χ4n) is 1.65. The molecule has 2 aromatic rings. The lowest BCUT2D eigenvalue weighted by Gasteiger charge is -2.05. The minimum Gasteiger partial charge on any atom is -0.497 e. The van der Waals surface area contributed by atoms with Crippen molar-refractivity contribution < 1.29 is 14.6 Å². The molecular formula is C15H14N2O3. The van der Waals surface area contributed by atoms with Crippen LogP contribution in [0.5, 0.6) is 5.75 Å². The summed E-state index contributed by atoms with van der Waals surface area (Å²) in [5.74, 6) is -0.527. The minimum absolute atomic E-state index is 0.142. The molecule has 2 aromatic carbocycles. The third-order valence-corrected chi connectivity index (χ3v) is 2.66. The molecule has 0 radical (unpaired) electrons. The second-order valence-electron chi connectivity index (χ2n) is 3.99. The van der Waals surface area contributed by atoms with E-state index in [0.717, 1.165) is 5.69 Å². The Morgan fingerprint density at radius 2 is 2.00 bits per heavy atom. The van der Waals surface area contributed by atoms with Gasteiger partial charge in [-0.3, -0.25) is 5.43 Å². The van der Waals surface area contributed by atoms with Crippen LogP contribution in [0.3, 0.4) is 0 Å². The maximum absolute atomic E-state index is 11.2. The first-order valence-electron chi connectivity index (χ1n) is 5.96. The van der Waals surface area contributed by atoms with Crippen molar-refractivity contribution in [2.24, 2.45) is 5.10 Å². The first-order valence-corrected chi connectivity index (χ1v) is 5.96. The lowest BCUT2D eigenvalue weighted by Crippen LogP contribution is -2.03. The first-order chi connectivity index (χ1) is 9.70. The average Bonchev–Trinajstić information content (AvgIpc) is 2.48. The maximum atomic E-state index is 11.2. The molecule has 0 bridgehead atoms. The Hall–Kier alpha value is -2.82. The highest BCUT2D eigenvalue weighted by Crippen LogP contribution is 2.16. The molecule has 20 heavy (non-hydrogen) atoms. The van der Waals surface area contributed by atoms with Gasteiger partial charge in [-0.05, 0) is 30.3 Å². The zero-order valence-corrected chi connectivity index (χ0v) is 10.9. The van der Waals surface area contributed by atoms with Gasteiger partial charge < -0.3 is 9.84 Å². The van der Waals surface area contributed by atoms with Gasteiger partial charge in [-0.25, -0.2) is 4.79 Å². The van der Waals surface area contributed by atoms with Gasteiger partial charge in [-0.1, -0.05) is 18.2 Å². The van der Waals surface area contributed by atoms with Crippen LogP contribution in [0.4, 0.5) is 5.69 Å². The number of carbonyl (C=O) groups is 1. The highest BCUT2D eigenvalue weighted by molar-refractivity contribution is 5.99. The van der Waals surface area contributed by atoms with Crippen LogP contribution in [0.15, 0.2) is 53.6 Å². The number of rotatable bonds is 5. The Morgan fingerprint density at radius 1 is 1.25 bits per heavy atom. The quantitative estimate of drug-likeness (QED) is 0.647. The first kappa shape index (κ1) is 13.6. The van der Waals surface area contributed by atoms with Crippen LogP contribution in [-0.4, -0.2) is 24.4 Å². The SMILES string of the molecule is COc1ccc(C=NNc2ccccc2)c(C(=O)O)c1. The number of hydrazone groups is 1. The van der Waals surface area contributed by atoms with Crippen molar-refractivity contribution >= 4 is 17.9 Å². The van der Waals surface area contributed by atoms with Crippen LogP contribution in [0.25, 0.3) is 0 Å². The summed E-state index contributed by atoms with van der Waals surface area (Å²) in [5, 5.41) is 13.2. The van der Waals surface area contributed by atoms with Crippen molar-refractivity contribution in [3.8, 4) is 5.75 Å². The van der Waals surface area contributed by atoms with Crippen molar-refractivity contribution in [2.45, 2.75) is 0 Å². The largest absolute Gasteiger partial charge is 0.497 e. The average molecular weight is 270 g/mol. The molecule has 0 aliphatic heterocycles. The summed E-state index contributed by atoms with van der Waals surface area (Å²) in [7, 11) is 1.49. The van der Waals surface area contributed by atoms with Crippen molar-refractivity contribution in [3.63, 3.8) is 0 Å². The molecule has 5 nitrogen and oxygen atoms in total. The number of benzene rings is 2. The second kappa shape index (κ2) is 6.38. The van der Waals surface area contributed by atoms with Gasteiger partial charge >= 0.3 is 5.97 Å². The molecule has 0 aromatic heterocycles. The van der Waals surface area contributed by atoms with E-state index in [2.05, 4.69) is 10.5 Å². The van der Waals surface area contributed by atoms with Crippen molar-refractivity contribution in [2.75, 3.05) is 12.5 Å². The van der Waals surface area contributed by atoms with Gasteiger partial charge in [0.2, 0.25) is 0 Å². The summed E-state index contributed by atoms with van der Waals surface area (Å²) in [6.45, 7) is 0. The molecule has 5 heteroatoms. The normalized spacial score (nSPS) is 10.4. The van der Waals surface area contributed by atoms with Gasteiger partial charge in [-0.15, -0.1) is 0 Å². The van der Waals surface area contributed by atoms with Gasteiger partial charge in [0.15, 0.2) is 0 Å². The van der Waals surface area contributed by atoms with Gasteiger partial charge in [0.1, 0.15) is 5.75 Å². The van der Waals surface area contributed by atoms with E-state index in [0.29, 0.717) is 11.3 Å². The highest BCUT2D eigenvalue weighted by atomic mass is 16.5. The maximum Gasteiger partial charge on any atom is 0.336 e. The number of carboxylic acid groups (broad SMARTS) is 1. The summed E-state index contributed by atoms with van der Waals surface area (Å²) >= 11 is 0. The molecular weight excluding hydrogens is 256 g/mol. The fourth-order valence-corrected chi connectivity index (χ4v) is 1.65. The lowest BCUT2D eigenvalue weighted by atomic mass is 10.1.